The Morgan fingerprint density at radius 2 is 2.12 bits per heavy atom. The Kier molecular flexibility index (Phi) is 5.05. The third-order valence-corrected chi connectivity index (χ3v) is 2.46. The van der Waals surface area contributed by atoms with Crippen LogP contribution in [0.2, 0.25) is 0 Å². The third-order valence-electron chi connectivity index (χ3n) is 2.46. The number of nitrogen functional groups attached to an aromatic ring is 1. The van der Waals surface area contributed by atoms with E-state index in [1.54, 1.807) is 12.1 Å². The average Bonchev–Trinajstić information content (AvgIpc) is 2.25. The Morgan fingerprint density at radius 1 is 1.38 bits per heavy atom. The molecule has 0 amide bonds. The van der Waals surface area contributed by atoms with Crippen LogP contribution in [0.3, 0.4) is 0 Å². The molecule has 90 valence electrons. The molecule has 0 unspecified atom stereocenters. The van der Waals surface area contributed by atoms with E-state index in [2.05, 4.69) is 6.92 Å². The quantitative estimate of drug-likeness (QED) is 0.729. The Balaban J connectivity index is 2.82. The lowest BCUT2D eigenvalue weighted by Crippen LogP contribution is -2.28. The number of anilines is 2. The van der Waals surface area contributed by atoms with E-state index in [4.69, 9.17) is 10.8 Å². The van der Waals surface area contributed by atoms with Crippen LogP contribution in [0.15, 0.2) is 18.2 Å². The van der Waals surface area contributed by atoms with E-state index in [0.717, 1.165) is 19.4 Å². The molecule has 1 rings (SSSR count). The van der Waals surface area contributed by atoms with Gasteiger partial charge in [-0.1, -0.05) is 13.3 Å². The van der Waals surface area contributed by atoms with E-state index in [1.165, 1.54) is 6.07 Å². The normalized spacial score (nSPS) is 10.4. The molecule has 0 aliphatic heterocycles. The molecule has 1 aromatic carbocycles. The number of halogens is 1. The van der Waals surface area contributed by atoms with Crippen LogP contribution >= 0.6 is 0 Å². The molecule has 4 heteroatoms. The minimum Gasteiger partial charge on any atom is -0.399 e. The summed E-state index contributed by atoms with van der Waals surface area (Å²) in [6.45, 7) is 3.29. The van der Waals surface area contributed by atoms with Crippen molar-refractivity contribution in [3.8, 4) is 0 Å². The van der Waals surface area contributed by atoms with Crippen molar-refractivity contribution in [1.29, 1.82) is 0 Å². The van der Waals surface area contributed by atoms with E-state index in [-0.39, 0.29) is 12.4 Å². The summed E-state index contributed by atoms with van der Waals surface area (Å²) in [5.41, 5.74) is 6.42. The highest BCUT2D eigenvalue weighted by atomic mass is 19.1. The molecular formula is C12H19FN2O. The maximum Gasteiger partial charge on any atom is 0.148 e. The van der Waals surface area contributed by atoms with Crippen LogP contribution in [0.4, 0.5) is 15.8 Å². The highest BCUT2D eigenvalue weighted by Crippen LogP contribution is 2.21. The number of unbranched alkanes of at least 4 members (excludes halogenated alkanes) is 1. The summed E-state index contributed by atoms with van der Waals surface area (Å²) < 4.78 is 13.6. The van der Waals surface area contributed by atoms with Crippen molar-refractivity contribution in [1.82, 2.24) is 0 Å². The lowest BCUT2D eigenvalue weighted by atomic mass is 10.2. The van der Waals surface area contributed by atoms with E-state index in [9.17, 15) is 4.39 Å². The van der Waals surface area contributed by atoms with Crippen LogP contribution in [-0.4, -0.2) is 24.8 Å². The number of rotatable bonds is 6. The van der Waals surface area contributed by atoms with Gasteiger partial charge in [-0.2, -0.15) is 0 Å². The lowest BCUT2D eigenvalue weighted by molar-refractivity contribution is 0.301. The third kappa shape index (κ3) is 3.38. The Bertz CT molecular complexity index is 331. The lowest BCUT2D eigenvalue weighted by Gasteiger charge is -2.24. The summed E-state index contributed by atoms with van der Waals surface area (Å²) in [6, 6.07) is 4.65. The van der Waals surface area contributed by atoms with Gasteiger partial charge in [0.2, 0.25) is 0 Å². The number of benzene rings is 1. The fourth-order valence-electron chi connectivity index (χ4n) is 1.60. The molecule has 0 radical (unpaired) electrons. The number of hydrogen-bond donors (Lipinski definition) is 2. The fourth-order valence-corrected chi connectivity index (χ4v) is 1.60. The van der Waals surface area contributed by atoms with Crippen LogP contribution in [-0.2, 0) is 0 Å². The van der Waals surface area contributed by atoms with Crippen molar-refractivity contribution < 1.29 is 9.50 Å². The van der Waals surface area contributed by atoms with Crippen molar-refractivity contribution in [2.24, 2.45) is 0 Å². The first-order valence-electron chi connectivity index (χ1n) is 5.60. The molecule has 0 aliphatic carbocycles. The van der Waals surface area contributed by atoms with Crippen molar-refractivity contribution in [2.45, 2.75) is 19.8 Å². The fraction of sp³-hybridized carbons (Fsp3) is 0.500. The molecular weight excluding hydrogens is 207 g/mol. The monoisotopic (exact) mass is 226 g/mol. The van der Waals surface area contributed by atoms with Gasteiger partial charge in [0, 0.05) is 18.8 Å². The van der Waals surface area contributed by atoms with E-state index in [1.807, 2.05) is 4.90 Å². The SMILES string of the molecule is CCCCN(CCO)c1ccc(N)cc1F. The topological polar surface area (TPSA) is 49.5 Å². The molecule has 0 bridgehead atoms. The standard InChI is InChI=1S/C12H19FN2O/c1-2-3-6-15(7-8-16)12-5-4-10(14)9-11(12)13/h4-5,9,16H,2-3,6-8,14H2,1H3. The second kappa shape index (κ2) is 6.33. The number of aliphatic hydroxyl groups is 1. The summed E-state index contributed by atoms with van der Waals surface area (Å²) in [6.07, 6.45) is 2.02. The molecule has 0 spiro atoms. The van der Waals surface area contributed by atoms with E-state index >= 15 is 0 Å². The molecule has 0 aliphatic rings. The summed E-state index contributed by atoms with van der Waals surface area (Å²) in [5, 5.41) is 8.95. The van der Waals surface area contributed by atoms with Gasteiger partial charge in [-0.05, 0) is 24.6 Å². The van der Waals surface area contributed by atoms with Gasteiger partial charge in [-0.15, -0.1) is 0 Å². The van der Waals surface area contributed by atoms with Gasteiger partial charge in [0.25, 0.3) is 0 Å². The first-order chi connectivity index (χ1) is 7.69. The molecule has 0 saturated carbocycles. The molecule has 0 fully saturated rings. The first kappa shape index (κ1) is 12.8. The van der Waals surface area contributed by atoms with Gasteiger partial charge in [0.05, 0.1) is 12.3 Å². The first-order valence-corrected chi connectivity index (χ1v) is 5.60. The van der Waals surface area contributed by atoms with Crippen LogP contribution in [0.1, 0.15) is 19.8 Å². The Labute approximate surface area is 95.7 Å². The Hall–Kier alpha value is -1.29. The van der Waals surface area contributed by atoms with Gasteiger partial charge in [-0.3, -0.25) is 0 Å². The molecule has 16 heavy (non-hydrogen) atoms. The minimum atomic E-state index is -0.329. The van der Waals surface area contributed by atoms with E-state index < -0.39 is 0 Å². The number of nitrogens with zero attached hydrogens (tertiary/aromatic N) is 1. The molecule has 3 nitrogen and oxygen atoms in total. The van der Waals surface area contributed by atoms with Crippen LogP contribution in [0.5, 0.6) is 0 Å². The summed E-state index contributed by atoms with van der Waals surface area (Å²) in [7, 11) is 0. The van der Waals surface area contributed by atoms with E-state index in [0.29, 0.717) is 17.9 Å². The maximum atomic E-state index is 13.6. The second-order valence-electron chi connectivity index (χ2n) is 3.78. The van der Waals surface area contributed by atoms with Crippen LogP contribution < -0.4 is 10.6 Å². The molecule has 0 heterocycles. The number of aliphatic hydroxyl groups excluding tert-OH is 1. The van der Waals surface area contributed by atoms with Crippen molar-refractivity contribution in [3.63, 3.8) is 0 Å². The predicted octanol–water partition coefficient (Wildman–Crippen LogP) is 2.01. The summed E-state index contributed by atoms with van der Waals surface area (Å²) in [4.78, 5) is 1.85. The summed E-state index contributed by atoms with van der Waals surface area (Å²) >= 11 is 0. The molecule has 3 N–H and O–H groups in total. The highest BCUT2D eigenvalue weighted by Gasteiger charge is 2.10. The van der Waals surface area contributed by atoms with Crippen LogP contribution in [0, 0.1) is 5.82 Å². The summed E-state index contributed by atoms with van der Waals surface area (Å²) in [5.74, 6) is -0.329. The largest absolute Gasteiger partial charge is 0.399 e. The number of nitrogens with two attached hydrogens (primary N) is 1. The van der Waals surface area contributed by atoms with Crippen LogP contribution in [0.25, 0.3) is 0 Å². The zero-order chi connectivity index (χ0) is 12.0. The Morgan fingerprint density at radius 3 is 2.69 bits per heavy atom. The van der Waals surface area contributed by atoms with Gasteiger partial charge in [0.1, 0.15) is 5.82 Å². The molecule has 0 aromatic heterocycles. The molecule has 0 saturated heterocycles. The molecule has 0 atom stereocenters. The maximum absolute atomic E-state index is 13.6. The van der Waals surface area contributed by atoms with Gasteiger partial charge >= 0.3 is 0 Å². The van der Waals surface area contributed by atoms with Gasteiger partial charge < -0.3 is 15.7 Å². The number of hydrogen-bond acceptors (Lipinski definition) is 3. The second-order valence-corrected chi connectivity index (χ2v) is 3.78. The van der Waals surface area contributed by atoms with Gasteiger partial charge in [0.15, 0.2) is 0 Å². The highest BCUT2D eigenvalue weighted by molar-refractivity contribution is 5.54. The minimum absolute atomic E-state index is 0.0214. The molecule has 1 aromatic rings. The van der Waals surface area contributed by atoms with Crippen molar-refractivity contribution in [2.75, 3.05) is 30.3 Å². The zero-order valence-corrected chi connectivity index (χ0v) is 9.62. The van der Waals surface area contributed by atoms with Gasteiger partial charge in [-0.25, -0.2) is 4.39 Å². The smallest absolute Gasteiger partial charge is 0.148 e. The zero-order valence-electron chi connectivity index (χ0n) is 9.62. The average molecular weight is 226 g/mol. The van der Waals surface area contributed by atoms with Crippen molar-refractivity contribution >= 4 is 11.4 Å². The predicted molar refractivity (Wildman–Crippen MR) is 65.0 cm³/mol. The van der Waals surface area contributed by atoms with Crippen molar-refractivity contribution in [3.05, 3.63) is 24.0 Å².